The summed E-state index contributed by atoms with van der Waals surface area (Å²) in [4.78, 5) is 2.76. The summed E-state index contributed by atoms with van der Waals surface area (Å²) in [6.45, 7) is 29.6. The summed E-state index contributed by atoms with van der Waals surface area (Å²) < 4.78 is 0. The fraction of sp³-hybridized carbons (Fsp3) is 0.375. The van der Waals surface area contributed by atoms with Crippen LogP contribution in [0.1, 0.15) is 168 Å². The van der Waals surface area contributed by atoms with E-state index < -0.39 is 0 Å². The minimum absolute atomic E-state index is 0.0805. The highest BCUT2D eigenvalue weighted by Gasteiger charge is 2.48. The average Bonchev–Trinajstić information content (AvgIpc) is 3.76. The van der Waals surface area contributed by atoms with Gasteiger partial charge in [0.2, 0.25) is 0 Å². The normalized spacial score (nSPS) is 20.3. The molecule has 66 heavy (non-hydrogen) atoms. The van der Waals surface area contributed by atoms with Crippen molar-refractivity contribution in [2.45, 2.75) is 155 Å². The van der Waals surface area contributed by atoms with Gasteiger partial charge >= 0.3 is 0 Å². The van der Waals surface area contributed by atoms with E-state index in [0.717, 1.165) is 19.3 Å². The molecule has 1 heterocycles. The van der Waals surface area contributed by atoms with Gasteiger partial charge in [-0.15, -0.1) is 0 Å². The van der Waals surface area contributed by atoms with Crippen molar-refractivity contribution in [1.82, 2.24) is 0 Å². The van der Waals surface area contributed by atoms with Crippen LogP contribution in [0.15, 0.2) is 103 Å². The fourth-order valence-electron chi connectivity index (χ4n) is 13.8. The summed E-state index contributed by atoms with van der Waals surface area (Å²) in [7, 11) is 2.67. The van der Waals surface area contributed by atoms with Crippen molar-refractivity contribution >= 4 is 35.9 Å². The van der Waals surface area contributed by atoms with E-state index in [-0.39, 0.29) is 27.1 Å². The van der Waals surface area contributed by atoms with E-state index >= 15 is 0 Å². The Morgan fingerprint density at radius 1 is 0.530 bits per heavy atom. The van der Waals surface area contributed by atoms with Gasteiger partial charge < -0.3 is 4.90 Å². The molecule has 331 valence electrons. The SMILES string of the molecule is Cc1ccc2c(c1-c1cccc(-c3c4c(cc5c3-c3ccccc3C5)N(c3ccc5c(c3)C(C)(C)CCC5(C)C)C3=C([B]4)C(C)(C)c4cc5c(cc43)C(C)(C)CCC5(C)C)c1C)CCC=C2. The molecule has 2 heteroatoms. The lowest BCUT2D eigenvalue weighted by Crippen LogP contribution is -2.39. The summed E-state index contributed by atoms with van der Waals surface area (Å²) in [6.07, 6.45) is 12.6. The zero-order valence-electron chi connectivity index (χ0n) is 41.8. The maximum Gasteiger partial charge on any atom is 0.193 e. The fourth-order valence-corrected chi connectivity index (χ4v) is 13.8. The maximum absolute atomic E-state index is 2.76. The standard InChI is InChI=1S/C64H67BN/c1-37-24-25-39-18-13-15-20-45(39)54(37)43-22-17-23-44(38(43)2)56-55-41(32-40-19-14-16-21-46(40)55)33-53-57(56)65-59-58(66(53)42-26-27-48-50(34-42)61(5,6)29-28-60(48,3)4)47-35-51-52(36-49(47)64(59,11)12)63(9,10)31-30-62(51,7)8/h13-14,16-19,21-27,33-36H,15,20,28-32H2,1-12H3. The van der Waals surface area contributed by atoms with E-state index in [1.165, 1.54) is 148 Å². The van der Waals surface area contributed by atoms with Crippen molar-refractivity contribution in [3.8, 4) is 33.4 Å². The first kappa shape index (κ1) is 42.0. The third-order valence-electron chi connectivity index (χ3n) is 18.1. The van der Waals surface area contributed by atoms with Crippen molar-refractivity contribution < 1.29 is 0 Å². The monoisotopic (exact) mass is 861 g/mol. The van der Waals surface area contributed by atoms with E-state index in [2.05, 4.69) is 198 Å². The maximum atomic E-state index is 2.76. The minimum atomic E-state index is -0.221. The van der Waals surface area contributed by atoms with Crippen molar-refractivity contribution in [2.75, 3.05) is 4.90 Å². The van der Waals surface area contributed by atoms with Gasteiger partial charge in [0.1, 0.15) is 0 Å². The average molecular weight is 861 g/mol. The van der Waals surface area contributed by atoms with Gasteiger partial charge in [0.25, 0.3) is 0 Å². The van der Waals surface area contributed by atoms with Crippen LogP contribution in [0, 0.1) is 13.8 Å². The molecule has 0 unspecified atom stereocenters. The molecule has 0 aromatic heterocycles. The predicted molar refractivity (Wildman–Crippen MR) is 283 cm³/mol. The van der Waals surface area contributed by atoms with E-state index in [0.29, 0.717) is 0 Å². The predicted octanol–water partition coefficient (Wildman–Crippen LogP) is 16.0. The Morgan fingerprint density at radius 2 is 1.17 bits per heavy atom. The van der Waals surface area contributed by atoms with Crippen LogP contribution in [0.4, 0.5) is 11.4 Å². The largest absolute Gasteiger partial charge is 0.311 e. The van der Waals surface area contributed by atoms with Crippen LogP contribution in [0.5, 0.6) is 0 Å². The van der Waals surface area contributed by atoms with Gasteiger partial charge in [-0.1, -0.05) is 154 Å². The molecule has 0 atom stereocenters. The summed E-state index contributed by atoms with van der Waals surface area (Å²) in [5, 5.41) is 0. The van der Waals surface area contributed by atoms with Crippen molar-refractivity contribution in [2.24, 2.45) is 0 Å². The Labute approximate surface area is 396 Å². The van der Waals surface area contributed by atoms with Crippen molar-refractivity contribution in [1.29, 1.82) is 0 Å². The van der Waals surface area contributed by atoms with Crippen LogP contribution >= 0.6 is 0 Å². The second-order valence-corrected chi connectivity index (χ2v) is 24.4. The third kappa shape index (κ3) is 5.85. The summed E-state index contributed by atoms with van der Waals surface area (Å²) >= 11 is 0. The Kier molecular flexibility index (Phi) is 8.84. The number of fused-ring (bicyclic) bond motifs is 9. The van der Waals surface area contributed by atoms with Crippen LogP contribution in [0.3, 0.4) is 0 Å². The van der Waals surface area contributed by atoms with E-state index in [1.54, 1.807) is 5.56 Å². The quantitative estimate of drug-likeness (QED) is 0.160. The Balaban J connectivity index is 1.17. The van der Waals surface area contributed by atoms with Gasteiger partial charge in [0.15, 0.2) is 7.28 Å². The Hall–Kier alpha value is -5.34. The molecule has 0 spiro atoms. The van der Waals surface area contributed by atoms with E-state index in [1.807, 2.05) is 0 Å². The number of hydrogen-bond acceptors (Lipinski definition) is 1. The van der Waals surface area contributed by atoms with Crippen LogP contribution < -0.4 is 10.4 Å². The number of nitrogens with zero attached hydrogens (tertiary/aromatic N) is 1. The number of rotatable bonds is 3. The number of allylic oxidation sites excluding steroid dienone is 2. The number of benzene rings is 6. The number of hydrogen-bond donors (Lipinski definition) is 0. The van der Waals surface area contributed by atoms with Crippen molar-refractivity contribution in [3.05, 3.63) is 169 Å². The van der Waals surface area contributed by atoms with Gasteiger partial charge in [-0.05, 0) is 205 Å². The molecule has 0 saturated heterocycles. The lowest BCUT2D eigenvalue weighted by atomic mass is 9.51. The second-order valence-electron chi connectivity index (χ2n) is 24.4. The number of aryl methyl sites for hydroxylation is 1. The Morgan fingerprint density at radius 3 is 1.89 bits per heavy atom. The lowest BCUT2D eigenvalue weighted by molar-refractivity contribution is 0.331. The molecule has 0 N–H and O–H groups in total. The lowest BCUT2D eigenvalue weighted by Gasteiger charge is -2.44. The molecule has 0 amide bonds. The van der Waals surface area contributed by atoms with Crippen LogP contribution in [0.25, 0.3) is 45.2 Å². The molecule has 1 radical (unpaired) electrons. The van der Waals surface area contributed by atoms with Gasteiger partial charge in [-0.2, -0.15) is 0 Å². The molecule has 6 aromatic rings. The highest BCUT2D eigenvalue weighted by molar-refractivity contribution is 6.68. The molecule has 6 aliphatic rings. The topological polar surface area (TPSA) is 3.24 Å². The van der Waals surface area contributed by atoms with Crippen LogP contribution in [-0.4, -0.2) is 7.28 Å². The minimum Gasteiger partial charge on any atom is -0.311 e. The molecule has 12 rings (SSSR count). The molecule has 6 aromatic carbocycles. The zero-order valence-corrected chi connectivity index (χ0v) is 41.8. The molecule has 5 aliphatic carbocycles. The molecule has 1 nitrogen and oxygen atoms in total. The summed E-state index contributed by atoms with van der Waals surface area (Å²) in [5.41, 5.74) is 32.8. The first-order valence-electron chi connectivity index (χ1n) is 25.2. The summed E-state index contributed by atoms with van der Waals surface area (Å²) in [5.74, 6) is 0. The molecular weight excluding hydrogens is 794 g/mol. The Bertz CT molecular complexity index is 3190. The second kappa shape index (κ2) is 13.9. The summed E-state index contributed by atoms with van der Waals surface area (Å²) in [6, 6.07) is 36.7. The van der Waals surface area contributed by atoms with E-state index in [9.17, 15) is 0 Å². The smallest absolute Gasteiger partial charge is 0.193 e. The highest BCUT2D eigenvalue weighted by Crippen LogP contribution is 2.59. The molecule has 0 fully saturated rings. The molecule has 0 saturated carbocycles. The third-order valence-corrected chi connectivity index (χ3v) is 18.1. The van der Waals surface area contributed by atoms with Gasteiger partial charge in [-0.25, -0.2) is 0 Å². The first-order valence-corrected chi connectivity index (χ1v) is 25.2. The highest BCUT2D eigenvalue weighted by atomic mass is 15.2. The first-order chi connectivity index (χ1) is 31.3. The molecule has 0 bridgehead atoms. The van der Waals surface area contributed by atoms with Crippen LogP contribution in [0.2, 0.25) is 0 Å². The van der Waals surface area contributed by atoms with Gasteiger partial charge in [0.05, 0.1) is 0 Å². The van der Waals surface area contributed by atoms with Crippen LogP contribution in [-0.2, 0) is 39.9 Å². The van der Waals surface area contributed by atoms with Gasteiger partial charge in [0, 0.05) is 28.1 Å². The molecular formula is C64H67BN. The zero-order chi connectivity index (χ0) is 46.0. The number of anilines is 2. The molecule has 1 aliphatic heterocycles. The van der Waals surface area contributed by atoms with E-state index in [4.69, 9.17) is 0 Å². The van der Waals surface area contributed by atoms with Gasteiger partial charge in [-0.3, -0.25) is 0 Å². The van der Waals surface area contributed by atoms with Crippen molar-refractivity contribution in [3.63, 3.8) is 0 Å².